The Balaban J connectivity index is 1.30. The summed E-state index contributed by atoms with van der Waals surface area (Å²) in [6, 6.07) is 17.5. The molecule has 222 valence electrons. The first-order chi connectivity index (χ1) is 20.3. The number of ketones is 1. The van der Waals surface area contributed by atoms with E-state index in [1.165, 1.54) is 11.8 Å². The van der Waals surface area contributed by atoms with Gasteiger partial charge in [0.1, 0.15) is 6.04 Å². The number of benzene rings is 2. The summed E-state index contributed by atoms with van der Waals surface area (Å²) in [7, 11) is 0. The van der Waals surface area contributed by atoms with Crippen molar-refractivity contribution < 1.29 is 19.1 Å². The lowest BCUT2D eigenvalue weighted by Crippen LogP contribution is -2.49. The number of thioether (sulfide) groups is 1. The predicted molar refractivity (Wildman–Crippen MR) is 165 cm³/mol. The van der Waals surface area contributed by atoms with Gasteiger partial charge in [0, 0.05) is 28.0 Å². The van der Waals surface area contributed by atoms with Gasteiger partial charge >= 0.3 is 6.09 Å². The minimum atomic E-state index is -0.948. The number of carbonyl (C=O) groups is 3. The molecule has 0 unspecified atom stereocenters. The van der Waals surface area contributed by atoms with Crippen LogP contribution in [-0.2, 0) is 14.3 Å². The van der Waals surface area contributed by atoms with Crippen LogP contribution in [0.5, 0.6) is 0 Å². The molecule has 1 heterocycles. The third-order valence-electron chi connectivity index (χ3n) is 7.53. The van der Waals surface area contributed by atoms with Gasteiger partial charge < -0.3 is 15.4 Å². The normalized spacial score (nSPS) is 15.1. The van der Waals surface area contributed by atoms with Crippen LogP contribution in [0.15, 0.2) is 72.0 Å². The highest BCUT2D eigenvalue weighted by molar-refractivity contribution is 7.99. The third-order valence-corrected chi connectivity index (χ3v) is 8.99. The van der Waals surface area contributed by atoms with E-state index in [9.17, 15) is 14.4 Å². The van der Waals surface area contributed by atoms with Crippen molar-refractivity contribution in [2.24, 2.45) is 5.41 Å². The van der Waals surface area contributed by atoms with Gasteiger partial charge in [0.15, 0.2) is 5.16 Å². The second-order valence-corrected chi connectivity index (χ2v) is 12.1. The Morgan fingerprint density at radius 1 is 1.05 bits per heavy atom. The Labute approximate surface area is 256 Å². The van der Waals surface area contributed by atoms with Crippen molar-refractivity contribution in [3.8, 4) is 11.3 Å². The summed E-state index contributed by atoms with van der Waals surface area (Å²) in [5.41, 5.74) is 2.47. The zero-order chi connectivity index (χ0) is 30.0. The van der Waals surface area contributed by atoms with Gasteiger partial charge in [0.05, 0.1) is 18.3 Å². The Morgan fingerprint density at radius 2 is 1.79 bits per heavy atom. The fourth-order valence-electron chi connectivity index (χ4n) is 4.75. The number of Topliss-reactive ketones (excluding diaryl/α,β-unsaturated/α-hetero) is 1. The number of hydrogen-bond donors (Lipinski definition) is 2. The van der Waals surface area contributed by atoms with Crippen LogP contribution in [0.1, 0.15) is 64.0 Å². The molecule has 1 aromatic heterocycles. The number of alkyl carbamates (subject to hydrolysis) is 1. The van der Waals surface area contributed by atoms with Crippen LogP contribution in [0.3, 0.4) is 0 Å². The van der Waals surface area contributed by atoms with Crippen LogP contribution in [0.4, 0.5) is 4.79 Å². The smallest absolute Gasteiger partial charge is 0.407 e. The number of halogens is 1. The first-order valence-electron chi connectivity index (χ1n) is 14.3. The number of amides is 2. The van der Waals surface area contributed by atoms with Crippen molar-refractivity contribution in [2.45, 2.75) is 69.6 Å². The van der Waals surface area contributed by atoms with Gasteiger partial charge in [0.2, 0.25) is 5.78 Å². The Hall–Kier alpha value is -3.43. The largest absolute Gasteiger partial charge is 0.449 e. The summed E-state index contributed by atoms with van der Waals surface area (Å²) >= 11 is 7.55. The van der Waals surface area contributed by atoms with Crippen molar-refractivity contribution >= 4 is 41.1 Å². The molecular weight excluding hydrogens is 572 g/mol. The second kappa shape index (κ2) is 15.2. The summed E-state index contributed by atoms with van der Waals surface area (Å²) in [4.78, 5) is 47.7. The monoisotopic (exact) mass is 608 g/mol. The molecule has 0 bridgehead atoms. The maximum absolute atomic E-state index is 13.0. The van der Waals surface area contributed by atoms with E-state index in [1.54, 1.807) is 6.20 Å². The van der Waals surface area contributed by atoms with Gasteiger partial charge in [-0.05, 0) is 49.9 Å². The molecule has 2 amide bonds. The lowest BCUT2D eigenvalue weighted by Gasteiger charge is -2.40. The minimum Gasteiger partial charge on any atom is -0.449 e. The van der Waals surface area contributed by atoms with Crippen LogP contribution < -0.4 is 10.6 Å². The number of nitrogens with zero attached hydrogens (tertiary/aromatic N) is 2. The highest BCUT2D eigenvalue weighted by atomic mass is 35.5. The fourth-order valence-corrected chi connectivity index (χ4v) is 5.98. The molecule has 8 nitrogen and oxygen atoms in total. The first kappa shape index (κ1) is 31.5. The molecule has 1 saturated carbocycles. The average molecular weight is 609 g/mol. The van der Waals surface area contributed by atoms with Crippen LogP contribution in [-0.4, -0.2) is 46.2 Å². The topological polar surface area (TPSA) is 110 Å². The van der Waals surface area contributed by atoms with Crippen molar-refractivity contribution in [3.63, 3.8) is 0 Å². The zero-order valence-corrected chi connectivity index (χ0v) is 25.5. The average Bonchev–Trinajstić information content (AvgIpc) is 2.99. The van der Waals surface area contributed by atoms with Gasteiger partial charge in [0.25, 0.3) is 5.91 Å². The lowest BCUT2D eigenvalue weighted by molar-refractivity contribution is -0.139. The van der Waals surface area contributed by atoms with Crippen molar-refractivity contribution in [3.05, 3.63) is 77.4 Å². The number of unbranched alkanes of at least 4 members (excludes halogenated alkanes) is 1. The van der Waals surface area contributed by atoms with E-state index >= 15 is 0 Å². The molecule has 2 atom stereocenters. The quantitative estimate of drug-likeness (QED) is 0.118. The van der Waals surface area contributed by atoms with Crippen LogP contribution in [0.2, 0.25) is 5.02 Å². The molecule has 10 heteroatoms. The molecule has 2 aromatic carbocycles. The SMILES string of the molecule is CCCC[C@H](NC(=O)OCC1(CSc2nccc(-c3ccc(Cl)cc3)n2)CCC1)C(=O)C(=O)N[C@H](C)c1ccccc1. The summed E-state index contributed by atoms with van der Waals surface area (Å²) in [5, 5.41) is 6.72. The van der Waals surface area contributed by atoms with E-state index in [4.69, 9.17) is 16.3 Å². The number of ether oxygens (including phenoxy) is 1. The predicted octanol–water partition coefficient (Wildman–Crippen LogP) is 6.79. The summed E-state index contributed by atoms with van der Waals surface area (Å²) in [5.74, 6) is -0.697. The number of nitrogens with one attached hydrogen (secondary N) is 2. The number of carbonyl (C=O) groups excluding carboxylic acids is 3. The van der Waals surface area contributed by atoms with E-state index in [0.717, 1.165) is 42.5 Å². The Morgan fingerprint density at radius 3 is 2.45 bits per heavy atom. The second-order valence-electron chi connectivity index (χ2n) is 10.8. The molecular formula is C32H37ClN4O4S. The first-order valence-corrected chi connectivity index (χ1v) is 15.7. The summed E-state index contributed by atoms with van der Waals surface area (Å²) < 4.78 is 5.63. The maximum Gasteiger partial charge on any atom is 0.407 e. The molecule has 2 N–H and O–H groups in total. The van der Waals surface area contributed by atoms with Gasteiger partial charge in [-0.25, -0.2) is 14.8 Å². The van der Waals surface area contributed by atoms with E-state index < -0.39 is 23.8 Å². The maximum atomic E-state index is 13.0. The Kier molecular flexibility index (Phi) is 11.4. The molecule has 0 saturated heterocycles. The molecule has 0 spiro atoms. The lowest BCUT2D eigenvalue weighted by atomic mass is 9.71. The molecule has 1 aliphatic rings. The van der Waals surface area contributed by atoms with Crippen molar-refractivity contribution in [1.29, 1.82) is 0 Å². The summed E-state index contributed by atoms with van der Waals surface area (Å²) in [6.45, 7) is 4.03. The Bertz CT molecular complexity index is 1350. The molecule has 1 fully saturated rings. The highest BCUT2D eigenvalue weighted by Gasteiger charge is 2.39. The molecule has 4 rings (SSSR count). The van der Waals surface area contributed by atoms with E-state index in [-0.39, 0.29) is 18.1 Å². The highest BCUT2D eigenvalue weighted by Crippen LogP contribution is 2.44. The molecule has 0 aliphatic heterocycles. The molecule has 1 aliphatic carbocycles. The summed E-state index contributed by atoms with van der Waals surface area (Å²) in [6.07, 6.45) is 5.81. The van der Waals surface area contributed by atoms with E-state index in [1.807, 2.05) is 74.5 Å². The van der Waals surface area contributed by atoms with Gasteiger partial charge in [-0.1, -0.05) is 92.0 Å². The van der Waals surface area contributed by atoms with Crippen LogP contribution in [0, 0.1) is 5.41 Å². The van der Waals surface area contributed by atoms with Gasteiger partial charge in [-0.15, -0.1) is 0 Å². The van der Waals surface area contributed by atoms with Gasteiger partial charge in [-0.2, -0.15) is 0 Å². The fraction of sp³-hybridized carbons (Fsp3) is 0.406. The molecule has 0 radical (unpaired) electrons. The van der Waals surface area contributed by atoms with E-state index in [2.05, 4.69) is 20.6 Å². The molecule has 42 heavy (non-hydrogen) atoms. The number of hydrogen-bond acceptors (Lipinski definition) is 7. The standard InChI is InChI=1S/C32H37ClN4O4S/c1-3-4-11-27(28(38)29(39)35-22(2)23-9-6-5-7-10-23)37-31(40)41-20-32(17-8-18-32)21-42-30-34-19-16-26(36-30)24-12-14-25(33)15-13-24/h5-7,9-10,12-16,19,22,27H,3-4,8,11,17-18,20-21H2,1-2H3,(H,35,39)(H,37,40)/t22-,27+/m1/s1. The number of aromatic nitrogens is 2. The molecule has 3 aromatic rings. The van der Waals surface area contributed by atoms with Crippen LogP contribution >= 0.6 is 23.4 Å². The van der Waals surface area contributed by atoms with Crippen molar-refractivity contribution in [1.82, 2.24) is 20.6 Å². The van der Waals surface area contributed by atoms with Crippen molar-refractivity contribution in [2.75, 3.05) is 12.4 Å². The zero-order valence-electron chi connectivity index (χ0n) is 24.0. The van der Waals surface area contributed by atoms with Gasteiger partial charge in [-0.3, -0.25) is 9.59 Å². The minimum absolute atomic E-state index is 0.187. The third kappa shape index (κ3) is 8.79. The number of rotatable bonds is 14. The van der Waals surface area contributed by atoms with Crippen LogP contribution in [0.25, 0.3) is 11.3 Å². The van der Waals surface area contributed by atoms with E-state index in [0.29, 0.717) is 28.8 Å².